The summed E-state index contributed by atoms with van der Waals surface area (Å²) in [6.07, 6.45) is 5.81. The molecule has 0 radical (unpaired) electrons. The Morgan fingerprint density at radius 3 is 2.63 bits per heavy atom. The normalized spacial score (nSPS) is 26.8. The van der Waals surface area contributed by atoms with Gasteiger partial charge in [-0.1, -0.05) is 63.6 Å². The minimum Gasteiger partial charge on any atom is -0.481 e. The fourth-order valence-electron chi connectivity index (χ4n) is 3.36. The van der Waals surface area contributed by atoms with E-state index < -0.39 is 11.4 Å². The van der Waals surface area contributed by atoms with E-state index in [1.54, 1.807) is 0 Å². The summed E-state index contributed by atoms with van der Waals surface area (Å²) in [5.74, 6) is -0.271. The first-order chi connectivity index (χ1) is 9.07. The van der Waals surface area contributed by atoms with Crippen molar-refractivity contribution in [2.75, 3.05) is 0 Å². The molecule has 1 aromatic rings. The highest BCUT2D eigenvalue weighted by Crippen LogP contribution is 2.46. The molecule has 0 unspecified atom stereocenters. The number of hydrogen-bond donors (Lipinski definition) is 1. The molecule has 1 aliphatic rings. The lowest BCUT2D eigenvalue weighted by atomic mass is 9.60. The maximum absolute atomic E-state index is 12.1. The average Bonchev–Trinajstić information content (AvgIpc) is 2.44. The zero-order chi connectivity index (χ0) is 14.0. The molecule has 2 heteroatoms. The summed E-state index contributed by atoms with van der Waals surface area (Å²) >= 11 is 0. The van der Waals surface area contributed by atoms with Crippen molar-refractivity contribution in [1.29, 1.82) is 0 Å². The Balaban J connectivity index is 2.65. The summed E-state index contributed by atoms with van der Waals surface area (Å²) in [6.45, 7) is 6.26. The molecular formula is C17H22O2. The van der Waals surface area contributed by atoms with Crippen LogP contribution >= 0.6 is 0 Å². The summed E-state index contributed by atoms with van der Waals surface area (Å²) in [6, 6.07) is 7.89. The number of fused-ring (bicyclic) bond motifs is 1. The highest BCUT2D eigenvalue weighted by Gasteiger charge is 2.48. The molecule has 0 aromatic heterocycles. The van der Waals surface area contributed by atoms with Crippen molar-refractivity contribution in [2.24, 2.45) is 11.8 Å². The van der Waals surface area contributed by atoms with Gasteiger partial charge in [-0.2, -0.15) is 0 Å². The van der Waals surface area contributed by atoms with Gasteiger partial charge in [0.15, 0.2) is 0 Å². The van der Waals surface area contributed by atoms with Crippen molar-refractivity contribution in [1.82, 2.24) is 0 Å². The van der Waals surface area contributed by atoms with E-state index in [0.717, 1.165) is 17.5 Å². The van der Waals surface area contributed by atoms with Gasteiger partial charge in [0, 0.05) is 0 Å². The van der Waals surface area contributed by atoms with E-state index in [0.29, 0.717) is 12.3 Å². The van der Waals surface area contributed by atoms with Gasteiger partial charge in [0.2, 0.25) is 0 Å². The molecule has 0 saturated carbocycles. The van der Waals surface area contributed by atoms with Crippen LogP contribution in [0.15, 0.2) is 30.3 Å². The smallest absolute Gasteiger partial charge is 0.314 e. The second kappa shape index (κ2) is 5.20. The van der Waals surface area contributed by atoms with Gasteiger partial charge in [0.25, 0.3) is 0 Å². The molecule has 0 bridgehead atoms. The maximum atomic E-state index is 12.1. The first-order valence-corrected chi connectivity index (χ1v) is 7.09. The highest BCUT2D eigenvalue weighted by atomic mass is 16.4. The molecule has 2 nitrogen and oxygen atoms in total. The molecule has 0 saturated heterocycles. The molecule has 1 aromatic carbocycles. The SMILES string of the molecule is CC[C@@H](C)[C@H]1C=Cc2ccccc2[C@@]1(CC)C(=O)O. The summed E-state index contributed by atoms with van der Waals surface area (Å²) in [5, 5.41) is 9.92. The minimum absolute atomic E-state index is 0.0647. The second-order valence-electron chi connectivity index (χ2n) is 5.49. The van der Waals surface area contributed by atoms with E-state index in [1.165, 1.54) is 0 Å². The Kier molecular flexibility index (Phi) is 3.79. The van der Waals surface area contributed by atoms with E-state index in [9.17, 15) is 9.90 Å². The predicted molar refractivity (Wildman–Crippen MR) is 78.0 cm³/mol. The van der Waals surface area contributed by atoms with Crippen LogP contribution in [0.1, 0.15) is 44.7 Å². The standard InChI is InChI=1S/C17H22O2/c1-4-12(3)14-11-10-13-8-6-7-9-15(13)17(14,5-2)16(18)19/h6-12,14H,4-5H2,1-3H3,(H,18,19)/t12-,14-,17+/m1/s1. The molecule has 2 rings (SSSR count). The number of rotatable bonds is 4. The lowest BCUT2D eigenvalue weighted by Gasteiger charge is -2.41. The average molecular weight is 258 g/mol. The lowest BCUT2D eigenvalue weighted by Crippen LogP contribution is -2.46. The number of carboxylic acids is 1. The third-order valence-corrected chi connectivity index (χ3v) is 4.69. The van der Waals surface area contributed by atoms with Crippen LogP contribution in [0.3, 0.4) is 0 Å². The first kappa shape index (κ1) is 13.9. The third-order valence-electron chi connectivity index (χ3n) is 4.69. The van der Waals surface area contributed by atoms with Crippen molar-refractivity contribution >= 4 is 12.0 Å². The summed E-state index contributed by atoms with van der Waals surface area (Å²) in [4.78, 5) is 12.1. The summed E-state index contributed by atoms with van der Waals surface area (Å²) in [5.41, 5.74) is 1.24. The molecule has 19 heavy (non-hydrogen) atoms. The Bertz CT molecular complexity index is 504. The number of aliphatic carboxylic acids is 1. The Morgan fingerprint density at radius 2 is 2.05 bits per heavy atom. The Labute approximate surface area is 115 Å². The van der Waals surface area contributed by atoms with E-state index in [-0.39, 0.29) is 5.92 Å². The number of hydrogen-bond acceptors (Lipinski definition) is 1. The van der Waals surface area contributed by atoms with Crippen LogP contribution in [0, 0.1) is 11.8 Å². The van der Waals surface area contributed by atoms with Crippen molar-refractivity contribution in [2.45, 2.75) is 39.0 Å². The number of benzene rings is 1. The van der Waals surface area contributed by atoms with Crippen LogP contribution < -0.4 is 0 Å². The monoisotopic (exact) mass is 258 g/mol. The molecule has 1 aliphatic carbocycles. The van der Waals surface area contributed by atoms with Gasteiger partial charge in [-0.3, -0.25) is 4.79 Å². The zero-order valence-corrected chi connectivity index (χ0v) is 11.9. The molecule has 1 N–H and O–H groups in total. The first-order valence-electron chi connectivity index (χ1n) is 7.09. The Hall–Kier alpha value is -1.57. The van der Waals surface area contributed by atoms with Crippen molar-refractivity contribution in [3.8, 4) is 0 Å². The maximum Gasteiger partial charge on any atom is 0.314 e. The van der Waals surface area contributed by atoms with Crippen LogP contribution in [0.4, 0.5) is 0 Å². The van der Waals surface area contributed by atoms with Gasteiger partial charge < -0.3 is 5.11 Å². The van der Waals surface area contributed by atoms with Gasteiger partial charge >= 0.3 is 5.97 Å². The van der Waals surface area contributed by atoms with Crippen LogP contribution in [0.2, 0.25) is 0 Å². The van der Waals surface area contributed by atoms with Crippen LogP contribution in [-0.4, -0.2) is 11.1 Å². The van der Waals surface area contributed by atoms with E-state index in [2.05, 4.69) is 26.0 Å². The molecule has 0 spiro atoms. The van der Waals surface area contributed by atoms with Crippen LogP contribution in [-0.2, 0) is 10.2 Å². The van der Waals surface area contributed by atoms with Crippen molar-refractivity contribution in [3.05, 3.63) is 41.5 Å². The van der Waals surface area contributed by atoms with Gasteiger partial charge in [-0.25, -0.2) is 0 Å². The second-order valence-corrected chi connectivity index (χ2v) is 5.49. The topological polar surface area (TPSA) is 37.3 Å². The van der Waals surface area contributed by atoms with Crippen molar-refractivity contribution in [3.63, 3.8) is 0 Å². The number of carbonyl (C=O) groups is 1. The number of allylic oxidation sites excluding steroid dienone is 1. The quantitative estimate of drug-likeness (QED) is 0.882. The largest absolute Gasteiger partial charge is 0.481 e. The highest BCUT2D eigenvalue weighted by molar-refractivity contribution is 5.85. The molecule has 0 fully saturated rings. The van der Waals surface area contributed by atoms with E-state index in [1.807, 2.05) is 31.2 Å². The predicted octanol–water partition coefficient (Wildman–Crippen LogP) is 4.11. The molecular weight excluding hydrogens is 236 g/mol. The Morgan fingerprint density at radius 1 is 1.37 bits per heavy atom. The zero-order valence-electron chi connectivity index (χ0n) is 11.9. The molecule has 0 amide bonds. The fourth-order valence-corrected chi connectivity index (χ4v) is 3.36. The van der Waals surface area contributed by atoms with Gasteiger partial charge in [-0.05, 0) is 29.4 Å². The summed E-state index contributed by atoms with van der Waals surface area (Å²) in [7, 11) is 0. The van der Waals surface area contributed by atoms with Crippen molar-refractivity contribution < 1.29 is 9.90 Å². The molecule has 0 aliphatic heterocycles. The third kappa shape index (κ3) is 1.99. The molecule has 0 heterocycles. The van der Waals surface area contributed by atoms with Gasteiger partial charge in [0.05, 0.1) is 5.41 Å². The summed E-state index contributed by atoms with van der Waals surface area (Å²) < 4.78 is 0. The van der Waals surface area contributed by atoms with Crippen LogP contribution in [0.25, 0.3) is 6.08 Å². The molecule has 102 valence electrons. The lowest BCUT2D eigenvalue weighted by molar-refractivity contribution is -0.146. The van der Waals surface area contributed by atoms with E-state index in [4.69, 9.17) is 0 Å². The van der Waals surface area contributed by atoms with Crippen LogP contribution in [0.5, 0.6) is 0 Å². The minimum atomic E-state index is -0.777. The van der Waals surface area contributed by atoms with E-state index >= 15 is 0 Å². The van der Waals surface area contributed by atoms with Gasteiger partial charge in [-0.15, -0.1) is 0 Å². The fraction of sp³-hybridized carbons (Fsp3) is 0.471. The van der Waals surface area contributed by atoms with Gasteiger partial charge in [0.1, 0.15) is 0 Å². The number of carboxylic acid groups (broad SMARTS) is 1. The molecule has 3 atom stereocenters.